The van der Waals surface area contributed by atoms with E-state index in [4.69, 9.17) is 0 Å². The van der Waals surface area contributed by atoms with E-state index in [1.54, 1.807) is 30.8 Å². The zero-order valence-corrected chi connectivity index (χ0v) is 18.2. The highest BCUT2D eigenvalue weighted by Gasteiger charge is 2.31. The van der Waals surface area contributed by atoms with E-state index in [-0.39, 0.29) is 11.4 Å². The van der Waals surface area contributed by atoms with Crippen molar-refractivity contribution < 1.29 is 18.1 Å². The van der Waals surface area contributed by atoms with Crippen LogP contribution in [-0.4, -0.2) is 37.3 Å². The Kier molecular flexibility index (Phi) is 7.26. The number of benzene rings is 2. The van der Waals surface area contributed by atoms with Gasteiger partial charge in [-0.3, -0.25) is 19.2 Å². The first-order valence-electron chi connectivity index (χ1n) is 8.83. The molecule has 29 heavy (non-hydrogen) atoms. The van der Waals surface area contributed by atoms with Crippen LogP contribution in [-0.2, 0) is 14.8 Å². The number of non-ortho nitro benzene ring substituents is 1. The minimum atomic E-state index is -3.90. The molecule has 0 aliphatic heterocycles. The summed E-state index contributed by atoms with van der Waals surface area (Å²) in [5, 5.41) is 13.9. The van der Waals surface area contributed by atoms with Gasteiger partial charge in [0.25, 0.3) is 5.69 Å². The first-order valence-corrected chi connectivity index (χ1v) is 11.7. The van der Waals surface area contributed by atoms with Crippen LogP contribution in [0.4, 0.5) is 17.1 Å². The lowest BCUT2D eigenvalue weighted by Gasteiger charge is -2.29. The maximum absolute atomic E-state index is 12.9. The molecule has 0 fully saturated rings. The van der Waals surface area contributed by atoms with Gasteiger partial charge in [-0.2, -0.15) is 0 Å². The Labute approximate surface area is 174 Å². The highest BCUT2D eigenvalue weighted by molar-refractivity contribution is 7.99. The van der Waals surface area contributed by atoms with Gasteiger partial charge in [0, 0.05) is 17.0 Å². The second-order valence-electron chi connectivity index (χ2n) is 6.38. The molecule has 0 radical (unpaired) electrons. The number of carbonyl (C=O) groups is 1. The maximum atomic E-state index is 12.9. The monoisotopic (exact) mass is 437 g/mol. The van der Waals surface area contributed by atoms with Gasteiger partial charge in [0.1, 0.15) is 6.04 Å². The number of para-hydroxylation sites is 1. The highest BCUT2D eigenvalue weighted by atomic mass is 32.2. The molecule has 1 atom stereocenters. The van der Waals surface area contributed by atoms with E-state index < -0.39 is 26.9 Å². The minimum Gasteiger partial charge on any atom is -0.323 e. The van der Waals surface area contributed by atoms with Gasteiger partial charge in [-0.25, -0.2) is 8.42 Å². The molecule has 0 saturated carbocycles. The Bertz CT molecular complexity index is 1020. The minimum absolute atomic E-state index is 0.0977. The van der Waals surface area contributed by atoms with Crippen LogP contribution in [0.5, 0.6) is 0 Å². The molecule has 156 valence electrons. The van der Waals surface area contributed by atoms with Crippen molar-refractivity contribution in [2.24, 2.45) is 0 Å². The van der Waals surface area contributed by atoms with Crippen LogP contribution >= 0.6 is 11.8 Å². The molecule has 0 aromatic heterocycles. The van der Waals surface area contributed by atoms with E-state index in [0.717, 1.165) is 21.2 Å². The van der Waals surface area contributed by atoms with Crippen molar-refractivity contribution >= 4 is 44.8 Å². The fourth-order valence-electron chi connectivity index (χ4n) is 2.82. The Morgan fingerprint density at radius 2 is 1.93 bits per heavy atom. The molecular weight excluding hydrogens is 414 g/mol. The van der Waals surface area contributed by atoms with E-state index in [2.05, 4.69) is 5.32 Å². The fraction of sp³-hybridized carbons (Fsp3) is 0.316. The molecule has 0 saturated heterocycles. The molecule has 0 bridgehead atoms. The number of carbonyl (C=O) groups excluding carboxylic acids is 1. The van der Waals surface area contributed by atoms with Crippen molar-refractivity contribution in [3.05, 3.63) is 58.1 Å². The van der Waals surface area contributed by atoms with Crippen molar-refractivity contribution in [3.8, 4) is 0 Å². The number of rotatable bonds is 8. The molecule has 8 nitrogen and oxygen atoms in total. The molecule has 1 amide bonds. The summed E-state index contributed by atoms with van der Waals surface area (Å²) in [7, 11) is -3.90. The zero-order chi connectivity index (χ0) is 21.8. The number of anilines is 2. The van der Waals surface area contributed by atoms with Crippen LogP contribution in [0.2, 0.25) is 0 Å². The van der Waals surface area contributed by atoms with Gasteiger partial charge in [-0.05, 0) is 37.3 Å². The van der Waals surface area contributed by atoms with Crippen molar-refractivity contribution in [2.75, 3.05) is 21.6 Å². The summed E-state index contributed by atoms with van der Waals surface area (Å²) in [6.07, 6.45) is 0.968. The standard InChI is InChI=1S/C19H23N3O5S2/c1-5-28-18-9-7-6-8-16(18)20-19(23)14(3)21(29(4,26)27)17-12-15(22(24)25)11-10-13(17)2/h6-12,14H,5H2,1-4H3,(H,20,23)/t14-/m1/s1. The molecule has 1 N–H and O–H groups in total. The number of aryl methyl sites for hydroxylation is 1. The summed E-state index contributed by atoms with van der Waals surface area (Å²) in [6.45, 7) is 5.07. The maximum Gasteiger partial charge on any atom is 0.271 e. The van der Waals surface area contributed by atoms with Crippen molar-refractivity contribution in [3.63, 3.8) is 0 Å². The predicted octanol–water partition coefficient (Wildman–Crippen LogP) is 3.81. The second-order valence-corrected chi connectivity index (χ2v) is 9.55. The summed E-state index contributed by atoms with van der Waals surface area (Å²) >= 11 is 1.55. The third kappa shape index (κ3) is 5.48. The summed E-state index contributed by atoms with van der Waals surface area (Å²) in [5.74, 6) is 0.274. The zero-order valence-electron chi connectivity index (χ0n) is 16.6. The van der Waals surface area contributed by atoms with Gasteiger partial charge >= 0.3 is 0 Å². The first-order chi connectivity index (χ1) is 13.6. The topological polar surface area (TPSA) is 110 Å². The second kappa shape index (κ2) is 9.27. The van der Waals surface area contributed by atoms with E-state index >= 15 is 0 Å². The SMILES string of the molecule is CCSc1ccccc1NC(=O)[C@@H](C)N(c1cc([N+](=O)[O-])ccc1C)S(C)(=O)=O. The van der Waals surface area contributed by atoms with Crippen LogP contribution in [0.25, 0.3) is 0 Å². The lowest BCUT2D eigenvalue weighted by molar-refractivity contribution is -0.384. The molecule has 0 spiro atoms. The Morgan fingerprint density at radius 3 is 2.52 bits per heavy atom. The van der Waals surface area contributed by atoms with Gasteiger partial charge in [-0.1, -0.05) is 25.1 Å². The summed E-state index contributed by atoms with van der Waals surface area (Å²) in [4.78, 5) is 24.3. The molecule has 2 aromatic carbocycles. The Hall–Kier alpha value is -2.59. The van der Waals surface area contributed by atoms with Crippen LogP contribution in [0.1, 0.15) is 19.4 Å². The van der Waals surface area contributed by atoms with E-state index in [9.17, 15) is 23.3 Å². The molecule has 0 aliphatic rings. The van der Waals surface area contributed by atoms with Crippen molar-refractivity contribution in [1.82, 2.24) is 0 Å². The third-order valence-corrected chi connectivity index (χ3v) is 6.36. The van der Waals surface area contributed by atoms with E-state index in [1.165, 1.54) is 25.1 Å². The fourth-order valence-corrected chi connectivity index (χ4v) is 4.80. The third-order valence-electron chi connectivity index (χ3n) is 4.17. The molecule has 2 aromatic rings. The number of hydrogen-bond acceptors (Lipinski definition) is 6. The first kappa shape index (κ1) is 22.7. The van der Waals surface area contributed by atoms with Gasteiger partial charge in [0.05, 0.1) is 22.6 Å². The molecular formula is C19H23N3O5S2. The summed E-state index contributed by atoms with van der Waals surface area (Å²) in [5.41, 5.74) is 0.931. The molecule has 0 heterocycles. The average Bonchev–Trinajstić information content (AvgIpc) is 2.63. The highest BCUT2D eigenvalue weighted by Crippen LogP contribution is 2.31. The van der Waals surface area contributed by atoms with Gasteiger partial charge in [0.2, 0.25) is 15.9 Å². The molecule has 0 aliphatic carbocycles. The largest absolute Gasteiger partial charge is 0.323 e. The molecule has 10 heteroatoms. The smallest absolute Gasteiger partial charge is 0.271 e. The van der Waals surface area contributed by atoms with Crippen molar-refractivity contribution in [2.45, 2.75) is 31.7 Å². The van der Waals surface area contributed by atoms with Gasteiger partial charge < -0.3 is 5.32 Å². The number of amides is 1. The van der Waals surface area contributed by atoms with Crippen molar-refractivity contribution in [1.29, 1.82) is 0 Å². The number of thioether (sulfide) groups is 1. The number of nitrogens with one attached hydrogen (secondary N) is 1. The van der Waals surface area contributed by atoms with Crippen LogP contribution in [0.3, 0.4) is 0 Å². The number of hydrogen-bond donors (Lipinski definition) is 1. The Morgan fingerprint density at radius 1 is 1.28 bits per heavy atom. The van der Waals surface area contributed by atoms with E-state index in [1.807, 2.05) is 19.1 Å². The summed E-state index contributed by atoms with van der Waals surface area (Å²) < 4.78 is 25.9. The average molecular weight is 438 g/mol. The quantitative estimate of drug-likeness (QED) is 0.382. The number of nitro benzene ring substituents is 1. The number of nitrogens with zero attached hydrogens (tertiary/aromatic N) is 2. The summed E-state index contributed by atoms with van der Waals surface area (Å²) in [6, 6.07) is 10.0. The number of nitro groups is 1. The lowest BCUT2D eigenvalue weighted by atomic mass is 10.1. The van der Waals surface area contributed by atoms with E-state index in [0.29, 0.717) is 11.3 Å². The predicted molar refractivity (Wildman–Crippen MR) is 116 cm³/mol. The van der Waals surface area contributed by atoms with Crippen LogP contribution in [0, 0.1) is 17.0 Å². The Balaban J connectivity index is 2.43. The van der Waals surface area contributed by atoms with Crippen LogP contribution in [0.15, 0.2) is 47.4 Å². The molecule has 0 unspecified atom stereocenters. The van der Waals surface area contributed by atoms with Gasteiger partial charge in [0.15, 0.2) is 0 Å². The van der Waals surface area contributed by atoms with Crippen LogP contribution < -0.4 is 9.62 Å². The molecule has 2 rings (SSSR count). The van der Waals surface area contributed by atoms with Gasteiger partial charge in [-0.15, -0.1) is 11.8 Å². The lowest BCUT2D eigenvalue weighted by Crippen LogP contribution is -2.45. The number of sulfonamides is 1. The normalized spacial score (nSPS) is 12.3.